The number of benzene rings is 1. The summed E-state index contributed by atoms with van der Waals surface area (Å²) in [6.45, 7) is 3.74. The van der Waals surface area contributed by atoms with Crippen molar-refractivity contribution in [3.8, 4) is 5.75 Å². The minimum atomic E-state index is -1.27. The van der Waals surface area contributed by atoms with Gasteiger partial charge >= 0.3 is 12.0 Å². The molecule has 0 unspecified atom stereocenters. The van der Waals surface area contributed by atoms with Crippen LogP contribution in [0.5, 0.6) is 5.75 Å². The number of carbonyl (C=O) groups excluding carboxylic acids is 1. The summed E-state index contributed by atoms with van der Waals surface area (Å²) in [6, 6.07) is 3.29. The van der Waals surface area contributed by atoms with E-state index in [2.05, 4.69) is 17.2 Å². The van der Waals surface area contributed by atoms with Gasteiger partial charge in [0.2, 0.25) is 0 Å². The molecule has 1 rings (SSSR count). The van der Waals surface area contributed by atoms with Crippen molar-refractivity contribution < 1.29 is 19.8 Å². The first-order valence-corrected chi connectivity index (χ1v) is 4.76. The molecular weight excluding hydrogens is 224 g/mol. The van der Waals surface area contributed by atoms with Gasteiger partial charge in [0.15, 0.2) is 0 Å². The summed E-state index contributed by atoms with van der Waals surface area (Å²) >= 11 is 0. The lowest BCUT2D eigenvalue weighted by molar-refractivity contribution is 0.0693. The molecule has 6 nitrogen and oxygen atoms in total. The second-order valence-electron chi connectivity index (χ2n) is 3.16. The number of rotatable bonds is 4. The maximum Gasteiger partial charge on any atom is 0.339 e. The number of aromatic carboxylic acids is 1. The van der Waals surface area contributed by atoms with Gasteiger partial charge in [-0.3, -0.25) is 0 Å². The Bertz CT molecular complexity index is 457. The average molecular weight is 236 g/mol. The first kappa shape index (κ1) is 12.6. The summed E-state index contributed by atoms with van der Waals surface area (Å²) in [6.07, 6.45) is 1.51. The minimum absolute atomic E-state index is 0.272. The van der Waals surface area contributed by atoms with Crippen LogP contribution in [-0.4, -0.2) is 28.8 Å². The summed E-state index contributed by atoms with van der Waals surface area (Å²) in [5.41, 5.74) is 0.00767. The van der Waals surface area contributed by atoms with Crippen molar-refractivity contribution in [2.75, 3.05) is 11.9 Å². The number of amides is 2. The highest BCUT2D eigenvalue weighted by atomic mass is 16.4. The second-order valence-corrected chi connectivity index (χ2v) is 3.16. The Morgan fingerprint density at radius 2 is 2.12 bits per heavy atom. The minimum Gasteiger partial charge on any atom is -0.507 e. The van der Waals surface area contributed by atoms with Gasteiger partial charge in [-0.2, -0.15) is 0 Å². The van der Waals surface area contributed by atoms with Crippen molar-refractivity contribution >= 4 is 17.7 Å². The number of hydrogen-bond acceptors (Lipinski definition) is 3. The number of urea groups is 1. The van der Waals surface area contributed by atoms with Crippen molar-refractivity contribution in [3.63, 3.8) is 0 Å². The van der Waals surface area contributed by atoms with Crippen LogP contribution in [0.2, 0.25) is 0 Å². The predicted octanol–water partition coefficient (Wildman–Crippen LogP) is 1.40. The highest BCUT2D eigenvalue weighted by Crippen LogP contribution is 2.21. The Morgan fingerprint density at radius 3 is 2.71 bits per heavy atom. The first-order valence-electron chi connectivity index (χ1n) is 4.76. The van der Waals surface area contributed by atoms with Gasteiger partial charge in [-0.1, -0.05) is 6.08 Å². The molecule has 4 N–H and O–H groups in total. The van der Waals surface area contributed by atoms with Crippen LogP contribution in [0.4, 0.5) is 10.5 Å². The monoisotopic (exact) mass is 236 g/mol. The third kappa shape index (κ3) is 3.53. The van der Waals surface area contributed by atoms with E-state index in [1.165, 1.54) is 24.3 Å². The number of anilines is 1. The van der Waals surface area contributed by atoms with Gasteiger partial charge in [0, 0.05) is 12.2 Å². The molecule has 0 atom stereocenters. The smallest absolute Gasteiger partial charge is 0.339 e. The molecule has 1 aromatic carbocycles. The Morgan fingerprint density at radius 1 is 1.41 bits per heavy atom. The molecule has 0 saturated carbocycles. The van der Waals surface area contributed by atoms with E-state index in [0.717, 1.165) is 0 Å². The molecule has 0 saturated heterocycles. The average Bonchev–Trinajstić information content (AvgIpc) is 2.28. The van der Waals surface area contributed by atoms with Crippen LogP contribution in [-0.2, 0) is 0 Å². The highest BCUT2D eigenvalue weighted by Gasteiger charge is 2.11. The fourth-order valence-electron chi connectivity index (χ4n) is 1.13. The number of aromatic hydroxyl groups is 1. The van der Waals surface area contributed by atoms with E-state index in [-0.39, 0.29) is 17.0 Å². The van der Waals surface area contributed by atoms with Crippen LogP contribution >= 0.6 is 0 Å². The van der Waals surface area contributed by atoms with Crippen molar-refractivity contribution in [2.45, 2.75) is 0 Å². The second kappa shape index (κ2) is 5.55. The van der Waals surface area contributed by atoms with Crippen LogP contribution in [0.15, 0.2) is 30.9 Å². The molecule has 0 heterocycles. The zero-order chi connectivity index (χ0) is 12.8. The molecule has 0 aliphatic rings. The van der Waals surface area contributed by atoms with E-state index < -0.39 is 12.0 Å². The standard InChI is InChI=1S/C11H12N2O4/c1-2-5-12-11(17)13-7-3-4-9(14)8(6-7)10(15)16/h2-4,6,14H,1,5H2,(H,15,16)(H2,12,13,17). The molecule has 0 fully saturated rings. The molecule has 0 aliphatic heterocycles. The lowest BCUT2D eigenvalue weighted by atomic mass is 10.2. The van der Waals surface area contributed by atoms with Crippen LogP contribution in [0.25, 0.3) is 0 Å². The van der Waals surface area contributed by atoms with E-state index >= 15 is 0 Å². The van der Waals surface area contributed by atoms with Gasteiger partial charge in [-0.25, -0.2) is 9.59 Å². The Balaban J connectivity index is 2.79. The number of carboxylic acid groups (broad SMARTS) is 1. The molecule has 0 bridgehead atoms. The van der Waals surface area contributed by atoms with Gasteiger partial charge in [0.25, 0.3) is 0 Å². The van der Waals surface area contributed by atoms with E-state index in [9.17, 15) is 14.7 Å². The summed E-state index contributed by atoms with van der Waals surface area (Å²) in [4.78, 5) is 22.0. The van der Waals surface area contributed by atoms with Gasteiger partial charge in [-0.15, -0.1) is 6.58 Å². The zero-order valence-electron chi connectivity index (χ0n) is 8.93. The van der Waals surface area contributed by atoms with Crippen LogP contribution in [0.1, 0.15) is 10.4 Å². The molecule has 0 aliphatic carbocycles. The van der Waals surface area contributed by atoms with E-state index in [4.69, 9.17) is 5.11 Å². The largest absolute Gasteiger partial charge is 0.507 e. The van der Waals surface area contributed by atoms with Gasteiger partial charge < -0.3 is 20.8 Å². The van der Waals surface area contributed by atoms with Crippen LogP contribution in [0.3, 0.4) is 0 Å². The maximum atomic E-state index is 11.3. The van der Waals surface area contributed by atoms with Gasteiger partial charge in [0.05, 0.1) is 0 Å². The quantitative estimate of drug-likeness (QED) is 0.469. The van der Waals surface area contributed by atoms with Crippen molar-refractivity contribution in [3.05, 3.63) is 36.4 Å². The number of carbonyl (C=O) groups is 2. The molecule has 90 valence electrons. The number of phenols is 1. The molecular formula is C11H12N2O4. The lowest BCUT2D eigenvalue weighted by Gasteiger charge is -2.07. The van der Waals surface area contributed by atoms with E-state index in [0.29, 0.717) is 6.54 Å². The van der Waals surface area contributed by atoms with E-state index in [1.807, 2.05) is 0 Å². The molecule has 0 radical (unpaired) electrons. The molecule has 1 aromatic rings. The summed E-state index contributed by atoms with van der Waals surface area (Å²) in [7, 11) is 0. The Labute approximate surface area is 97.6 Å². The number of carboxylic acids is 1. The zero-order valence-corrected chi connectivity index (χ0v) is 8.93. The molecule has 0 spiro atoms. The fraction of sp³-hybridized carbons (Fsp3) is 0.0909. The predicted molar refractivity (Wildman–Crippen MR) is 62.3 cm³/mol. The Hall–Kier alpha value is -2.50. The summed E-state index contributed by atoms with van der Waals surface area (Å²) < 4.78 is 0. The van der Waals surface area contributed by atoms with Crippen molar-refractivity contribution in [2.24, 2.45) is 0 Å². The molecule has 6 heteroatoms. The van der Waals surface area contributed by atoms with Crippen LogP contribution < -0.4 is 10.6 Å². The van der Waals surface area contributed by atoms with Crippen molar-refractivity contribution in [1.82, 2.24) is 5.32 Å². The topological polar surface area (TPSA) is 98.7 Å². The lowest BCUT2D eigenvalue weighted by Crippen LogP contribution is -2.28. The molecule has 17 heavy (non-hydrogen) atoms. The molecule has 0 aromatic heterocycles. The SMILES string of the molecule is C=CCNC(=O)Nc1ccc(O)c(C(=O)O)c1. The number of nitrogens with one attached hydrogen (secondary N) is 2. The Kier molecular flexibility index (Phi) is 4.10. The first-order chi connectivity index (χ1) is 8.04. The van der Waals surface area contributed by atoms with E-state index in [1.54, 1.807) is 0 Å². The normalized spacial score (nSPS) is 9.41. The number of hydrogen-bond donors (Lipinski definition) is 4. The summed E-state index contributed by atoms with van der Waals surface area (Å²) in [5.74, 6) is -1.62. The van der Waals surface area contributed by atoms with Gasteiger partial charge in [-0.05, 0) is 18.2 Å². The highest BCUT2D eigenvalue weighted by molar-refractivity contribution is 5.95. The molecule has 2 amide bonds. The maximum absolute atomic E-state index is 11.3. The van der Waals surface area contributed by atoms with Gasteiger partial charge in [0.1, 0.15) is 11.3 Å². The fourth-order valence-corrected chi connectivity index (χ4v) is 1.13. The van der Waals surface area contributed by atoms with Crippen molar-refractivity contribution in [1.29, 1.82) is 0 Å². The third-order valence-electron chi connectivity index (χ3n) is 1.89. The third-order valence-corrected chi connectivity index (χ3v) is 1.89. The summed E-state index contributed by atoms with van der Waals surface area (Å²) in [5, 5.41) is 22.9. The van der Waals surface area contributed by atoms with Crippen LogP contribution in [0, 0.1) is 0 Å².